The van der Waals surface area contributed by atoms with Crippen molar-refractivity contribution in [2.24, 2.45) is 0 Å². The van der Waals surface area contributed by atoms with E-state index in [1.807, 2.05) is 4.72 Å². The number of halogens is 2. The molecule has 1 amide bonds. The molecule has 1 aliphatic heterocycles. The van der Waals surface area contributed by atoms with Gasteiger partial charge >= 0.3 is 6.61 Å². The van der Waals surface area contributed by atoms with Crippen LogP contribution in [0.25, 0.3) is 0 Å². The Bertz CT molecular complexity index is 1180. The summed E-state index contributed by atoms with van der Waals surface area (Å²) in [5.41, 5.74) is 0.0670. The van der Waals surface area contributed by atoms with Crippen LogP contribution < -0.4 is 9.46 Å². The summed E-state index contributed by atoms with van der Waals surface area (Å²) in [6.45, 7) is -0.768. The molecule has 0 saturated carbocycles. The van der Waals surface area contributed by atoms with Gasteiger partial charge in [0, 0.05) is 18.7 Å². The van der Waals surface area contributed by atoms with E-state index in [2.05, 4.69) is 4.74 Å². The first-order valence-electron chi connectivity index (χ1n) is 9.23. The number of hydrogen-bond donors (Lipinski definition) is 1. The molecule has 1 saturated heterocycles. The molecule has 0 atom stereocenters. The lowest BCUT2D eigenvalue weighted by molar-refractivity contribution is -0.0498. The molecule has 1 heterocycles. The third kappa shape index (κ3) is 5.20. The summed E-state index contributed by atoms with van der Waals surface area (Å²) in [6, 6.07) is 8.07. The zero-order chi connectivity index (χ0) is 22.8. The number of benzene rings is 2. The highest BCUT2D eigenvalue weighted by molar-refractivity contribution is 7.90. The summed E-state index contributed by atoms with van der Waals surface area (Å²) in [4.78, 5) is 12.0. The number of aryl methyl sites for hydroxylation is 1. The van der Waals surface area contributed by atoms with Crippen LogP contribution in [0, 0.1) is 6.92 Å². The van der Waals surface area contributed by atoms with E-state index in [-0.39, 0.29) is 26.7 Å². The van der Waals surface area contributed by atoms with Crippen molar-refractivity contribution in [2.45, 2.75) is 36.2 Å². The van der Waals surface area contributed by atoms with Gasteiger partial charge in [-0.3, -0.25) is 4.79 Å². The molecule has 2 aromatic carbocycles. The summed E-state index contributed by atoms with van der Waals surface area (Å²) in [5.74, 6) is -1.16. The first-order valence-corrected chi connectivity index (χ1v) is 12.2. The average Bonchev–Trinajstić information content (AvgIpc) is 3.23. The largest absolute Gasteiger partial charge is 0.435 e. The lowest BCUT2D eigenvalue weighted by atomic mass is 10.2. The quantitative estimate of drug-likeness (QED) is 0.660. The Morgan fingerprint density at radius 2 is 1.65 bits per heavy atom. The Morgan fingerprint density at radius 3 is 2.19 bits per heavy atom. The topological polar surface area (TPSA) is 110 Å². The Hall–Kier alpha value is -2.57. The zero-order valence-electron chi connectivity index (χ0n) is 16.4. The van der Waals surface area contributed by atoms with E-state index in [4.69, 9.17) is 0 Å². The highest BCUT2D eigenvalue weighted by atomic mass is 32.2. The summed E-state index contributed by atoms with van der Waals surface area (Å²) in [7, 11) is -8.02. The molecule has 1 fully saturated rings. The van der Waals surface area contributed by atoms with Crippen molar-refractivity contribution in [3.05, 3.63) is 53.6 Å². The number of carbonyl (C=O) groups is 1. The van der Waals surface area contributed by atoms with Crippen LogP contribution in [0.15, 0.2) is 52.3 Å². The molecule has 0 unspecified atom stereocenters. The fourth-order valence-corrected chi connectivity index (χ4v) is 5.99. The van der Waals surface area contributed by atoms with Gasteiger partial charge in [0.25, 0.3) is 15.9 Å². The van der Waals surface area contributed by atoms with Crippen LogP contribution in [0.3, 0.4) is 0 Å². The van der Waals surface area contributed by atoms with E-state index >= 15 is 0 Å². The molecule has 0 spiro atoms. The number of ether oxygens (including phenoxy) is 1. The molecule has 0 aromatic heterocycles. The SMILES string of the molecule is Cc1cc(S(=O)(=O)N2CCCC2)ccc1S(=O)(=O)NC(=O)c1ccc(OC(F)F)cc1. The van der Waals surface area contributed by atoms with Gasteiger partial charge < -0.3 is 4.74 Å². The normalized spacial score (nSPS) is 15.2. The Kier molecular flexibility index (Phi) is 6.62. The highest BCUT2D eigenvalue weighted by Crippen LogP contribution is 2.25. The molecule has 2 aromatic rings. The number of alkyl halides is 2. The molecule has 0 aliphatic carbocycles. The second kappa shape index (κ2) is 8.89. The third-order valence-corrected chi connectivity index (χ3v) is 8.09. The maximum absolute atomic E-state index is 12.7. The van der Waals surface area contributed by atoms with Crippen LogP contribution in [0.1, 0.15) is 28.8 Å². The second-order valence-electron chi connectivity index (χ2n) is 6.88. The predicted octanol–water partition coefficient (Wildman–Crippen LogP) is 2.50. The first-order chi connectivity index (χ1) is 14.5. The Morgan fingerprint density at radius 1 is 1.03 bits per heavy atom. The molecular formula is C19H20F2N2O6S2. The van der Waals surface area contributed by atoms with Crippen molar-refractivity contribution < 1.29 is 35.1 Å². The number of amides is 1. The Balaban J connectivity index is 1.79. The molecule has 1 N–H and O–H groups in total. The zero-order valence-corrected chi connectivity index (χ0v) is 18.0. The van der Waals surface area contributed by atoms with Crippen molar-refractivity contribution in [2.75, 3.05) is 13.1 Å². The molecule has 0 bridgehead atoms. The number of nitrogens with zero attached hydrogens (tertiary/aromatic N) is 1. The molecule has 12 heteroatoms. The molecule has 0 radical (unpaired) electrons. The van der Waals surface area contributed by atoms with Crippen LogP contribution >= 0.6 is 0 Å². The summed E-state index contributed by atoms with van der Waals surface area (Å²) >= 11 is 0. The maximum atomic E-state index is 12.7. The molecule has 31 heavy (non-hydrogen) atoms. The van der Waals surface area contributed by atoms with Gasteiger partial charge in [-0.05, 0) is 67.8 Å². The number of carbonyl (C=O) groups excluding carboxylic acids is 1. The number of hydrogen-bond acceptors (Lipinski definition) is 6. The van der Waals surface area contributed by atoms with Crippen molar-refractivity contribution in [1.29, 1.82) is 0 Å². The smallest absolute Gasteiger partial charge is 0.387 e. The van der Waals surface area contributed by atoms with E-state index in [1.165, 1.54) is 23.4 Å². The lowest BCUT2D eigenvalue weighted by Crippen LogP contribution is -2.31. The van der Waals surface area contributed by atoms with Gasteiger partial charge in [0.15, 0.2) is 0 Å². The van der Waals surface area contributed by atoms with E-state index in [1.54, 1.807) is 0 Å². The summed E-state index contributed by atoms with van der Waals surface area (Å²) < 4.78 is 82.4. The molecule has 8 nitrogen and oxygen atoms in total. The van der Waals surface area contributed by atoms with Crippen LogP contribution in [-0.2, 0) is 20.0 Å². The van der Waals surface area contributed by atoms with Gasteiger partial charge in [0.2, 0.25) is 10.0 Å². The van der Waals surface area contributed by atoms with E-state index < -0.39 is 32.6 Å². The van der Waals surface area contributed by atoms with Gasteiger partial charge in [0.05, 0.1) is 9.79 Å². The van der Waals surface area contributed by atoms with E-state index in [0.717, 1.165) is 43.2 Å². The van der Waals surface area contributed by atoms with E-state index in [0.29, 0.717) is 13.1 Å². The van der Waals surface area contributed by atoms with Crippen LogP contribution in [0.4, 0.5) is 8.78 Å². The molecular weight excluding hydrogens is 454 g/mol. The monoisotopic (exact) mass is 474 g/mol. The summed E-state index contributed by atoms with van der Waals surface area (Å²) in [6.07, 6.45) is 1.54. The predicted molar refractivity (Wildman–Crippen MR) is 107 cm³/mol. The molecule has 3 rings (SSSR count). The highest BCUT2D eigenvalue weighted by Gasteiger charge is 2.29. The first kappa shape index (κ1) is 23.1. The Labute approximate surface area is 178 Å². The third-order valence-electron chi connectivity index (χ3n) is 4.71. The fourth-order valence-electron chi connectivity index (χ4n) is 3.19. The average molecular weight is 475 g/mol. The van der Waals surface area contributed by atoms with Gasteiger partial charge in [-0.15, -0.1) is 0 Å². The van der Waals surface area contributed by atoms with Crippen molar-refractivity contribution in [1.82, 2.24) is 9.03 Å². The number of nitrogens with one attached hydrogen (secondary N) is 1. The van der Waals surface area contributed by atoms with Crippen molar-refractivity contribution in [3.63, 3.8) is 0 Å². The summed E-state index contributed by atoms with van der Waals surface area (Å²) in [5, 5.41) is 0. The standard InChI is InChI=1S/C19H20F2N2O6S2/c1-13-12-16(31(27,28)23-10-2-3-11-23)8-9-17(13)30(25,26)22-18(24)14-4-6-15(7-5-14)29-19(20)21/h4-9,12,19H,2-3,10-11H2,1H3,(H,22,24). The molecule has 1 aliphatic rings. The van der Waals surface area contributed by atoms with Crippen molar-refractivity contribution >= 4 is 26.0 Å². The lowest BCUT2D eigenvalue weighted by Gasteiger charge is -2.17. The van der Waals surface area contributed by atoms with Crippen LogP contribution in [0.5, 0.6) is 5.75 Å². The fraction of sp³-hybridized carbons (Fsp3) is 0.316. The minimum Gasteiger partial charge on any atom is -0.435 e. The van der Waals surface area contributed by atoms with Crippen LogP contribution in [-0.4, -0.2) is 46.7 Å². The molecule has 168 valence electrons. The van der Waals surface area contributed by atoms with Gasteiger partial charge in [0.1, 0.15) is 5.75 Å². The second-order valence-corrected chi connectivity index (χ2v) is 10.5. The maximum Gasteiger partial charge on any atom is 0.387 e. The minimum atomic E-state index is -4.31. The van der Waals surface area contributed by atoms with E-state index in [9.17, 15) is 30.4 Å². The number of sulfonamides is 2. The van der Waals surface area contributed by atoms with Crippen LogP contribution in [0.2, 0.25) is 0 Å². The van der Waals surface area contributed by atoms with Gasteiger partial charge in [-0.2, -0.15) is 13.1 Å². The van der Waals surface area contributed by atoms with Crippen molar-refractivity contribution in [3.8, 4) is 5.75 Å². The number of rotatable bonds is 7. The van der Waals surface area contributed by atoms with Gasteiger partial charge in [-0.1, -0.05) is 0 Å². The minimum absolute atomic E-state index is 0.0215. The van der Waals surface area contributed by atoms with Gasteiger partial charge in [-0.25, -0.2) is 21.6 Å².